The van der Waals surface area contributed by atoms with Gasteiger partial charge in [-0.15, -0.1) is 0 Å². The Morgan fingerprint density at radius 1 is 1.16 bits per heavy atom. The molecule has 0 bridgehead atoms. The van der Waals surface area contributed by atoms with Gasteiger partial charge in [-0.1, -0.05) is 63.2 Å². The molecule has 1 fully saturated rings. The zero-order valence-electron chi connectivity index (χ0n) is 21.3. The normalized spacial score (nSPS) is 18.4. The van der Waals surface area contributed by atoms with Crippen LogP contribution in [0.15, 0.2) is 67.0 Å². The predicted octanol–water partition coefficient (Wildman–Crippen LogP) is 5.32. The number of ether oxygens (including phenoxy) is 2. The first-order valence-corrected chi connectivity index (χ1v) is 12.5. The van der Waals surface area contributed by atoms with Crippen molar-refractivity contribution in [1.82, 2.24) is 14.4 Å². The molecule has 0 radical (unpaired) electrons. The van der Waals surface area contributed by atoms with E-state index in [4.69, 9.17) is 20.2 Å². The lowest BCUT2D eigenvalue weighted by atomic mass is 9.80. The van der Waals surface area contributed by atoms with Crippen molar-refractivity contribution in [3.63, 3.8) is 0 Å². The number of carboxylic acid groups (broad SMARTS) is 1. The third-order valence-corrected chi connectivity index (χ3v) is 6.77. The maximum absolute atomic E-state index is 11.7. The molecular formula is C29H32N4O4. The number of nitrogens with zero attached hydrogens (tertiary/aromatic N) is 3. The summed E-state index contributed by atoms with van der Waals surface area (Å²) in [5.74, 6) is 1.21. The van der Waals surface area contributed by atoms with Crippen molar-refractivity contribution in [2.24, 2.45) is 5.41 Å². The van der Waals surface area contributed by atoms with Gasteiger partial charge >= 0.3 is 5.97 Å². The minimum absolute atomic E-state index is 0.125. The van der Waals surface area contributed by atoms with Crippen LogP contribution in [0.3, 0.4) is 0 Å². The van der Waals surface area contributed by atoms with Gasteiger partial charge in [0.05, 0.1) is 6.10 Å². The number of benzene rings is 2. The summed E-state index contributed by atoms with van der Waals surface area (Å²) in [6, 6.07) is 17.8. The zero-order chi connectivity index (χ0) is 26.2. The van der Waals surface area contributed by atoms with E-state index >= 15 is 0 Å². The lowest BCUT2D eigenvalue weighted by Crippen LogP contribution is -2.43. The van der Waals surface area contributed by atoms with Gasteiger partial charge in [0.25, 0.3) is 0 Å². The molecule has 8 heteroatoms. The van der Waals surface area contributed by atoms with Crippen LogP contribution in [0.1, 0.15) is 50.9 Å². The van der Waals surface area contributed by atoms with Crippen LogP contribution in [0.5, 0.6) is 5.75 Å². The second-order valence-electron chi connectivity index (χ2n) is 10.7. The number of rotatable bonds is 8. The average molecular weight is 501 g/mol. The second kappa shape index (κ2) is 9.86. The SMILES string of the molecule is CC(C)(C)C(OC1CC(c2nc(-c3cccc(OCc4ccccc4)c3)c3c(N)nccn23)C1)C(=O)O. The van der Waals surface area contributed by atoms with Crippen molar-refractivity contribution in [2.75, 3.05) is 5.73 Å². The molecule has 0 spiro atoms. The highest BCUT2D eigenvalue weighted by Crippen LogP contribution is 2.42. The molecule has 192 valence electrons. The summed E-state index contributed by atoms with van der Waals surface area (Å²) in [6.07, 6.45) is 3.95. The van der Waals surface area contributed by atoms with Crippen LogP contribution in [-0.4, -0.2) is 37.7 Å². The van der Waals surface area contributed by atoms with E-state index in [1.165, 1.54) is 0 Å². The number of anilines is 1. The van der Waals surface area contributed by atoms with Crippen molar-refractivity contribution in [1.29, 1.82) is 0 Å². The monoisotopic (exact) mass is 500 g/mol. The number of aromatic nitrogens is 3. The fourth-order valence-electron chi connectivity index (χ4n) is 4.76. The Morgan fingerprint density at radius 2 is 1.92 bits per heavy atom. The fourth-order valence-corrected chi connectivity index (χ4v) is 4.76. The molecule has 1 aliphatic carbocycles. The maximum atomic E-state index is 11.7. The molecule has 1 atom stereocenters. The summed E-state index contributed by atoms with van der Waals surface area (Å²) in [6.45, 7) is 6.11. The van der Waals surface area contributed by atoms with Crippen molar-refractivity contribution in [3.05, 3.63) is 78.4 Å². The van der Waals surface area contributed by atoms with Gasteiger partial charge in [0, 0.05) is 23.9 Å². The van der Waals surface area contributed by atoms with Crippen LogP contribution in [-0.2, 0) is 16.1 Å². The van der Waals surface area contributed by atoms with Crippen LogP contribution in [0.25, 0.3) is 16.8 Å². The molecule has 2 heterocycles. The average Bonchev–Trinajstić information content (AvgIpc) is 3.22. The Bertz CT molecular complexity index is 1400. The number of nitrogen functional groups attached to an aromatic ring is 1. The Hall–Kier alpha value is -3.91. The van der Waals surface area contributed by atoms with E-state index in [9.17, 15) is 9.90 Å². The smallest absolute Gasteiger partial charge is 0.333 e. The number of nitrogens with two attached hydrogens (primary N) is 1. The van der Waals surface area contributed by atoms with Crippen molar-refractivity contribution >= 4 is 17.3 Å². The standard InChI is InChI=1S/C29H32N4O4/c1-29(2,3)25(28(34)35)37-22-15-20(16-22)27-32-23(24-26(30)31-12-13-33(24)27)19-10-7-11-21(14-19)36-17-18-8-5-4-6-9-18/h4-14,20,22,25H,15-17H2,1-3H3,(H2,30,31)(H,34,35). The Morgan fingerprint density at radius 3 is 2.62 bits per heavy atom. The van der Waals surface area contributed by atoms with Crippen LogP contribution >= 0.6 is 0 Å². The number of fused-ring (bicyclic) bond motifs is 1. The first-order valence-electron chi connectivity index (χ1n) is 12.5. The van der Waals surface area contributed by atoms with Gasteiger partial charge in [-0.2, -0.15) is 0 Å². The van der Waals surface area contributed by atoms with Gasteiger partial charge in [-0.25, -0.2) is 14.8 Å². The molecule has 0 amide bonds. The molecule has 0 saturated heterocycles. The summed E-state index contributed by atoms with van der Waals surface area (Å²) in [5.41, 5.74) is 9.31. The van der Waals surface area contributed by atoms with Crippen LogP contribution in [0, 0.1) is 5.41 Å². The van der Waals surface area contributed by atoms with Gasteiger partial charge in [-0.05, 0) is 36.0 Å². The third-order valence-electron chi connectivity index (χ3n) is 6.77. The van der Waals surface area contributed by atoms with Crippen LogP contribution < -0.4 is 10.5 Å². The molecule has 5 rings (SSSR count). The number of carbonyl (C=O) groups is 1. The number of imidazole rings is 1. The highest BCUT2D eigenvalue weighted by molar-refractivity contribution is 5.85. The van der Waals surface area contributed by atoms with E-state index in [1.807, 2.05) is 86.0 Å². The lowest BCUT2D eigenvalue weighted by molar-refractivity contribution is -0.170. The van der Waals surface area contributed by atoms with Crippen molar-refractivity contribution < 1.29 is 19.4 Å². The number of carboxylic acids is 1. The van der Waals surface area contributed by atoms with Crippen molar-refractivity contribution in [3.8, 4) is 17.0 Å². The summed E-state index contributed by atoms with van der Waals surface area (Å²) >= 11 is 0. The molecule has 0 aliphatic heterocycles. The highest BCUT2D eigenvalue weighted by atomic mass is 16.5. The Kier molecular flexibility index (Phi) is 6.60. The molecule has 37 heavy (non-hydrogen) atoms. The number of aliphatic carboxylic acids is 1. The van der Waals surface area contributed by atoms with Gasteiger partial charge in [0.15, 0.2) is 6.10 Å². The molecule has 4 aromatic rings. The molecule has 1 saturated carbocycles. The maximum Gasteiger partial charge on any atom is 0.333 e. The first kappa shape index (κ1) is 24.8. The summed E-state index contributed by atoms with van der Waals surface area (Å²) in [4.78, 5) is 21.0. The molecule has 2 aromatic carbocycles. The molecule has 1 unspecified atom stereocenters. The highest BCUT2D eigenvalue weighted by Gasteiger charge is 2.41. The topological polar surface area (TPSA) is 112 Å². The van der Waals surface area contributed by atoms with E-state index in [2.05, 4.69) is 4.98 Å². The summed E-state index contributed by atoms with van der Waals surface area (Å²) in [7, 11) is 0. The van der Waals surface area contributed by atoms with E-state index in [-0.39, 0.29) is 12.0 Å². The Balaban J connectivity index is 1.39. The van der Waals surface area contributed by atoms with E-state index < -0.39 is 17.5 Å². The number of hydrogen-bond donors (Lipinski definition) is 2. The van der Waals surface area contributed by atoms with E-state index in [0.717, 1.165) is 33.9 Å². The lowest BCUT2D eigenvalue weighted by Gasteiger charge is -2.39. The van der Waals surface area contributed by atoms with Gasteiger partial charge in [0.1, 0.15) is 35.2 Å². The molecule has 3 N–H and O–H groups in total. The van der Waals surface area contributed by atoms with Crippen molar-refractivity contribution in [2.45, 2.75) is 58.3 Å². The molecule has 2 aromatic heterocycles. The molecule has 1 aliphatic rings. The number of hydrogen-bond acceptors (Lipinski definition) is 6. The van der Waals surface area contributed by atoms with E-state index in [0.29, 0.717) is 25.3 Å². The molecular weight excluding hydrogens is 468 g/mol. The van der Waals surface area contributed by atoms with Gasteiger partial charge in [0.2, 0.25) is 0 Å². The van der Waals surface area contributed by atoms with Crippen LogP contribution in [0.4, 0.5) is 5.82 Å². The predicted molar refractivity (Wildman–Crippen MR) is 141 cm³/mol. The second-order valence-corrected chi connectivity index (χ2v) is 10.7. The van der Waals surface area contributed by atoms with Gasteiger partial charge in [-0.3, -0.25) is 4.40 Å². The van der Waals surface area contributed by atoms with Crippen LogP contribution in [0.2, 0.25) is 0 Å². The Labute approximate surface area is 216 Å². The minimum atomic E-state index is -0.933. The minimum Gasteiger partial charge on any atom is -0.489 e. The zero-order valence-corrected chi connectivity index (χ0v) is 21.3. The first-order chi connectivity index (χ1) is 17.7. The largest absolute Gasteiger partial charge is 0.489 e. The fraction of sp³-hybridized carbons (Fsp3) is 0.345. The van der Waals surface area contributed by atoms with Gasteiger partial charge < -0.3 is 20.3 Å². The summed E-state index contributed by atoms with van der Waals surface area (Å²) in [5, 5.41) is 9.61. The molecule has 8 nitrogen and oxygen atoms in total. The summed E-state index contributed by atoms with van der Waals surface area (Å²) < 4.78 is 14.0. The quantitative estimate of drug-likeness (QED) is 0.337. The van der Waals surface area contributed by atoms with E-state index in [1.54, 1.807) is 6.20 Å². The third kappa shape index (κ3) is 5.15.